The van der Waals surface area contributed by atoms with Crippen LogP contribution in [0.2, 0.25) is 0 Å². The summed E-state index contributed by atoms with van der Waals surface area (Å²) in [6.07, 6.45) is 1.65. The van der Waals surface area contributed by atoms with E-state index in [0.717, 1.165) is 4.90 Å². The molecule has 0 saturated carbocycles. The van der Waals surface area contributed by atoms with Crippen molar-refractivity contribution < 1.29 is 58.1 Å². The van der Waals surface area contributed by atoms with Crippen molar-refractivity contribution in [2.45, 2.75) is 0 Å². The maximum Gasteiger partial charge on any atom is 0.331 e. The summed E-state index contributed by atoms with van der Waals surface area (Å²) in [5.41, 5.74) is 0.926. The molecule has 0 aliphatic carbocycles. The van der Waals surface area contributed by atoms with Gasteiger partial charge in [0.05, 0.1) is 112 Å². The third-order valence-electron chi connectivity index (χ3n) is 5.64. The van der Waals surface area contributed by atoms with Crippen molar-refractivity contribution in [2.24, 2.45) is 0 Å². The number of imide groups is 1. The minimum atomic E-state index is -0.465. The molecule has 14 nitrogen and oxygen atoms in total. The van der Waals surface area contributed by atoms with E-state index in [2.05, 4.69) is 0 Å². The normalized spacial score (nSPS) is 14.5. The molecule has 42 heavy (non-hydrogen) atoms. The van der Waals surface area contributed by atoms with Crippen LogP contribution in [0.3, 0.4) is 0 Å². The van der Waals surface area contributed by atoms with Crippen molar-refractivity contribution in [1.29, 1.82) is 0 Å². The van der Waals surface area contributed by atoms with Gasteiger partial charge in [-0.15, -0.1) is 0 Å². The average Bonchev–Trinajstić information content (AvgIpc) is 3.21. The van der Waals surface area contributed by atoms with Crippen molar-refractivity contribution >= 4 is 18.0 Å². The third kappa shape index (κ3) is 14.0. The van der Waals surface area contributed by atoms with Crippen LogP contribution in [0.15, 0.2) is 30.0 Å². The predicted octanol–water partition coefficient (Wildman–Crippen LogP) is -0.253. The summed E-state index contributed by atoms with van der Waals surface area (Å²) in [6.45, 7) is 3.82. The Hall–Kier alpha value is -2.66. The number of hydrogen-bond donors (Lipinski definition) is 3. The van der Waals surface area contributed by atoms with E-state index in [1.807, 2.05) is 0 Å². The molecule has 1 heterocycles. The second-order valence-electron chi connectivity index (χ2n) is 8.68. The zero-order valence-electron chi connectivity index (χ0n) is 24.0. The molecule has 1 aromatic rings. The van der Waals surface area contributed by atoms with Gasteiger partial charge in [-0.05, 0) is 23.8 Å². The summed E-state index contributed by atoms with van der Waals surface area (Å²) in [5, 5.41) is 26.2. The molecular weight excluding hydrogens is 556 g/mol. The van der Waals surface area contributed by atoms with Crippen LogP contribution in [-0.2, 0) is 33.2 Å². The molecule has 3 amide bonds. The molecule has 1 saturated heterocycles. The molecule has 0 bridgehead atoms. The van der Waals surface area contributed by atoms with Crippen molar-refractivity contribution in [1.82, 2.24) is 9.80 Å². The van der Waals surface area contributed by atoms with Crippen molar-refractivity contribution in [3.8, 4) is 5.75 Å². The van der Waals surface area contributed by atoms with Crippen molar-refractivity contribution in [3.63, 3.8) is 0 Å². The van der Waals surface area contributed by atoms with Crippen LogP contribution in [0, 0.1) is 0 Å². The number of urea groups is 1. The number of rotatable bonds is 26. The van der Waals surface area contributed by atoms with E-state index in [0.29, 0.717) is 51.0 Å². The van der Waals surface area contributed by atoms with Crippen LogP contribution in [0.1, 0.15) is 5.56 Å². The van der Waals surface area contributed by atoms with Crippen LogP contribution in [0.25, 0.3) is 6.08 Å². The largest absolute Gasteiger partial charge is 0.491 e. The first-order valence-electron chi connectivity index (χ1n) is 14.0. The van der Waals surface area contributed by atoms with Gasteiger partial charge in [0.15, 0.2) is 0 Å². The van der Waals surface area contributed by atoms with E-state index < -0.39 is 11.9 Å². The second-order valence-corrected chi connectivity index (χ2v) is 8.68. The van der Waals surface area contributed by atoms with Crippen molar-refractivity contribution in [2.75, 3.05) is 119 Å². The molecule has 1 aliphatic heterocycles. The van der Waals surface area contributed by atoms with E-state index in [4.69, 9.17) is 48.5 Å². The summed E-state index contributed by atoms with van der Waals surface area (Å²) >= 11 is 0. The number of carbonyl (C=O) groups excluding carboxylic acids is 2. The van der Waals surface area contributed by atoms with Crippen LogP contribution < -0.4 is 4.74 Å². The Morgan fingerprint density at radius 2 is 0.976 bits per heavy atom. The lowest BCUT2D eigenvalue weighted by molar-refractivity contribution is -0.123. The van der Waals surface area contributed by atoms with Gasteiger partial charge in [-0.2, -0.15) is 0 Å². The molecule has 0 atom stereocenters. The third-order valence-corrected chi connectivity index (χ3v) is 5.64. The summed E-state index contributed by atoms with van der Waals surface area (Å²) in [6, 6.07) is 6.64. The monoisotopic (exact) mass is 600 g/mol. The molecule has 238 valence electrons. The lowest BCUT2D eigenvalue weighted by Crippen LogP contribution is -2.36. The molecule has 1 aliphatic rings. The fraction of sp³-hybridized carbons (Fsp3) is 0.643. The zero-order valence-corrected chi connectivity index (χ0v) is 24.0. The molecule has 1 fully saturated rings. The summed E-state index contributed by atoms with van der Waals surface area (Å²) in [4.78, 5) is 28.9. The standard InChI is InChI=1S/C28H44N2O12/c31-7-12-38-17-15-36-10-5-29-26(27(34)30(28(29)35)6-11-37-16-18-39-13-8-32)23-24-1-3-25(4-2-24)42-22-21-41-20-19-40-14-9-33/h1-4,23,31-33H,5-22H2. The van der Waals surface area contributed by atoms with Crippen LogP contribution in [0.4, 0.5) is 4.79 Å². The Kier molecular flexibility index (Phi) is 19.4. The van der Waals surface area contributed by atoms with Gasteiger partial charge in [-0.1, -0.05) is 12.1 Å². The molecule has 2 rings (SSSR count). The molecule has 0 radical (unpaired) electrons. The summed E-state index contributed by atoms with van der Waals surface area (Å²) in [5.74, 6) is 0.188. The number of amides is 3. The number of nitrogens with zero attached hydrogens (tertiary/aromatic N) is 2. The topological polar surface area (TPSA) is 166 Å². The Morgan fingerprint density at radius 3 is 1.48 bits per heavy atom. The van der Waals surface area contributed by atoms with Gasteiger partial charge in [0.1, 0.15) is 18.1 Å². The molecule has 14 heteroatoms. The van der Waals surface area contributed by atoms with E-state index in [1.165, 1.54) is 4.90 Å². The smallest absolute Gasteiger partial charge is 0.331 e. The highest BCUT2D eigenvalue weighted by molar-refractivity contribution is 6.13. The number of ether oxygens (including phenoxy) is 7. The maximum atomic E-state index is 13.2. The first-order chi connectivity index (χ1) is 20.6. The van der Waals surface area contributed by atoms with Gasteiger partial charge in [-0.3, -0.25) is 14.6 Å². The van der Waals surface area contributed by atoms with E-state index in [9.17, 15) is 9.59 Å². The summed E-state index contributed by atoms with van der Waals surface area (Å²) in [7, 11) is 0. The molecule has 3 N–H and O–H groups in total. The minimum Gasteiger partial charge on any atom is -0.491 e. The quantitative estimate of drug-likeness (QED) is 0.0726. The Bertz CT molecular complexity index is 899. The lowest BCUT2D eigenvalue weighted by atomic mass is 10.1. The van der Waals surface area contributed by atoms with Crippen molar-refractivity contribution in [3.05, 3.63) is 35.5 Å². The highest BCUT2D eigenvalue weighted by Gasteiger charge is 2.40. The number of carbonyl (C=O) groups is 2. The van der Waals surface area contributed by atoms with Crippen LogP contribution in [-0.4, -0.2) is 156 Å². The van der Waals surface area contributed by atoms with Gasteiger partial charge in [0, 0.05) is 0 Å². The van der Waals surface area contributed by atoms with E-state index in [1.54, 1.807) is 30.3 Å². The fourth-order valence-corrected chi connectivity index (χ4v) is 3.65. The van der Waals surface area contributed by atoms with Gasteiger partial charge < -0.3 is 48.5 Å². The maximum absolute atomic E-state index is 13.2. The zero-order chi connectivity index (χ0) is 30.3. The van der Waals surface area contributed by atoms with Gasteiger partial charge in [0.25, 0.3) is 5.91 Å². The first kappa shape index (κ1) is 35.5. The lowest BCUT2D eigenvalue weighted by Gasteiger charge is -2.17. The molecular formula is C28H44N2O12. The second kappa shape index (κ2) is 22.9. The Labute approximate surface area is 246 Å². The first-order valence-corrected chi connectivity index (χ1v) is 14.0. The molecule has 0 spiro atoms. The van der Waals surface area contributed by atoms with Crippen LogP contribution >= 0.6 is 0 Å². The number of aliphatic hydroxyl groups is 3. The highest BCUT2D eigenvalue weighted by Crippen LogP contribution is 2.24. The van der Waals surface area contributed by atoms with E-state index >= 15 is 0 Å². The Balaban J connectivity index is 1.92. The molecule has 0 aromatic heterocycles. The predicted molar refractivity (Wildman–Crippen MR) is 150 cm³/mol. The van der Waals surface area contributed by atoms with Crippen LogP contribution in [0.5, 0.6) is 5.75 Å². The number of benzene rings is 1. The van der Waals surface area contributed by atoms with Gasteiger partial charge in [0.2, 0.25) is 0 Å². The Morgan fingerprint density at radius 1 is 0.548 bits per heavy atom. The minimum absolute atomic E-state index is 0.0219. The molecule has 1 aromatic carbocycles. The number of aliphatic hydroxyl groups excluding tert-OH is 3. The fourth-order valence-electron chi connectivity index (χ4n) is 3.65. The van der Waals surface area contributed by atoms with Gasteiger partial charge >= 0.3 is 6.03 Å². The average molecular weight is 601 g/mol. The molecule has 0 unspecified atom stereocenters. The van der Waals surface area contributed by atoms with E-state index in [-0.39, 0.29) is 84.9 Å². The highest BCUT2D eigenvalue weighted by atomic mass is 16.5. The summed E-state index contributed by atoms with van der Waals surface area (Å²) < 4.78 is 37.5. The number of hydrogen-bond acceptors (Lipinski definition) is 12. The SMILES string of the molecule is O=C1C(=Cc2ccc(OCCOCCOCCO)cc2)N(CCOCCOCCO)C(=O)N1CCOCCOCCO. The van der Waals surface area contributed by atoms with Gasteiger partial charge in [-0.25, -0.2) is 4.79 Å².